The molecule has 1 unspecified atom stereocenters. The predicted molar refractivity (Wildman–Crippen MR) is 80.5 cm³/mol. The lowest BCUT2D eigenvalue weighted by Crippen LogP contribution is -2.01. The second-order valence-corrected chi connectivity index (χ2v) is 5.02. The molecule has 0 aromatic heterocycles. The van der Waals surface area contributed by atoms with Crippen LogP contribution in [-0.2, 0) is 0 Å². The molecular weight excluding hydrogens is 232 g/mol. The van der Waals surface area contributed by atoms with Gasteiger partial charge in [0.05, 0.1) is 0 Å². The van der Waals surface area contributed by atoms with Crippen molar-refractivity contribution in [1.82, 2.24) is 0 Å². The van der Waals surface area contributed by atoms with Gasteiger partial charge in [-0.15, -0.1) is 0 Å². The monoisotopic (exact) mass is 254 g/mol. The van der Waals surface area contributed by atoms with Gasteiger partial charge in [0.25, 0.3) is 0 Å². The summed E-state index contributed by atoms with van der Waals surface area (Å²) in [5.41, 5.74) is 2.34. The molecule has 1 N–H and O–H groups in total. The fourth-order valence-electron chi connectivity index (χ4n) is 2.57. The van der Waals surface area contributed by atoms with Gasteiger partial charge >= 0.3 is 0 Å². The lowest BCUT2D eigenvalue weighted by Gasteiger charge is -2.19. The molecule has 0 aliphatic heterocycles. The normalized spacial score (nSPS) is 12.3. The molecule has 19 heavy (non-hydrogen) atoms. The fraction of sp³-hybridized carbons (Fsp3) is 0.333. The third-order valence-electron chi connectivity index (χ3n) is 3.61. The molecular formula is C18H22O. The van der Waals surface area contributed by atoms with Crippen molar-refractivity contribution in [3.63, 3.8) is 0 Å². The first-order chi connectivity index (χ1) is 9.33. The Morgan fingerprint density at radius 3 is 2.26 bits per heavy atom. The third-order valence-corrected chi connectivity index (χ3v) is 3.61. The minimum Gasteiger partial charge on any atom is -0.508 e. The average Bonchev–Trinajstić information content (AvgIpc) is 2.46. The lowest BCUT2D eigenvalue weighted by molar-refractivity contribution is 0.461. The fourth-order valence-corrected chi connectivity index (χ4v) is 2.57. The summed E-state index contributed by atoms with van der Waals surface area (Å²) >= 11 is 0. The maximum atomic E-state index is 10.1. The quantitative estimate of drug-likeness (QED) is 0.711. The number of hydrogen-bond donors (Lipinski definition) is 1. The molecule has 2 aromatic rings. The number of aromatic hydroxyl groups is 1. The topological polar surface area (TPSA) is 20.2 Å². The molecule has 1 heteroatoms. The molecule has 0 heterocycles. The lowest BCUT2D eigenvalue weighted by atomic mass is 9.86. The van der Waals surface area contributed by atoms with Crippen LogP contribution in [0.15, 0.2) is 54.6 Å². The van der Waals surface area contributed by atoms with Gasteiger partial charge in [0.1, 0.15) is 5.75 Å². The summed E-state index contributed by atoms with van der Waals surface area (Å²) < 4.78 is 0. The van der Waals surface area contributed by atoms with Gasteiger partial charge in [0.2, 0.25) is 0 Å². The molecule has 0 radical (unpaired) electrons. The summed E-state index contributed by atoms with van der Waals surface area (Å²) in [4.78, 5) is 0. The summed E-state index contributed by atoms with van der Waals surface area (Å²) in [5, 5.41) is 10.1. The Hall–Kier alpha value is -1.76. The van der Waals surface area contributed by atoms with Crippen LogP contribution in [-0.4, -0.2) is 5.11 Å². The number of phenols is 1. The highest BCUT2D eigenvalue weighted by Gasteiger charge is 2.16. The summed E-state index contributed by atoms with van der Waals surface area (Å²) in [6.07, 6.45) is 4.76. The van der Waals surface area contributed by atoms with E-state index in [-0.39, 0.29) is 0 Å². The van der Waals surface area contributed by atoms with Crippen molar-refractivity contribution < 1.29 is 5.11 Å². The van der Waals surface area contributed by atoms with Gasteiger partial charge in [-0.1, -0.05) is 74.7 Å². The van der Waals surface area contributed by atoms with Gasteiger partial charge in [-0.3, -0.25) is 0 Å². The van der Waals surface area contributed by atoms with Crippen molar-refractivity contribution in [2.24, 2.45) is 0 Å². The zero-order valence-electron chi connectivity index (χ0n) is 11.5. The van der Waals surface area contributed by atoms with Crippen LogP contribution < -0.4 is 0 Å². The maximum Gasteiger partial charge on any atom is 0.119 e. The number of rotatable bonds is 6. The van der Waals surface area contributed by atoms with E-state index in [4.69, 9.17) is 0 Å². The Kier molecular flexibility index (Phi) is 5.02. The molecule has 0 saturated carbocycles. The molecule has 2 rings (SSSR count). The maximum absolute atomic E-state index is 10.1. The van der Waals surface area contributed by atoms with Gasteiger partial charge < -0.3 is 5.11 Å². The van der Waals surface area contributed by atoms with Crippen molar-refractivity contribution in [3.05, 3.63) is 65.7 Å². The smallest absolute Gasteiger partial charge is 0.119 e. The minimum absolute atomic E-state index is 0.300. The van der Waals surface area contributed by atoms with E-state index in [9.17, 15) is 5.11 Å². The van der Waals surface area contributed by atoms with Gasteiger partial charge in [-0.2, -0.15) is 0 Å². The van der Waals surface area contributed by atoms with Crippen molar-refractivity contribution in [2.75, 3.05) is 0 Å². The van der Waals surface area contributed by atoms with E-state index in [0.717, 1.165) is 12.0 Å². The van der Waals surface area contributed by atoms with E-state index >= 15 is 0 Å². The van der Waals surface area contributed by atoms with Crippen molar-refractivity contribution in [3.8, 4) is 5.75 Å². The Morgan fingerprint density at radius 1 is 0.895 bits per heavy atom. The Bertz CT molecular complexity index is 490. The molecule has 2 aromatic carbocycles. The van der Waals surface area contributed by atoms with E-state index in [1.165, 1.54) is 24.8 Å². The Balaban J connectivity index is 2.27. The SMILES string of the molecule is CCCCCC(c1ccccc1)c1ccccc1O. The average molecular weight is 254 g/mol. The predicted octanol–water partition coefficient (Wildman–Crippen LogP) is 5.10. The summed E-state index contributed by atoms with van der Waals surface area (Å²) in [6.45, 7) is 2.22. The standard InChI is InChI=1S/C18H22O/c1-2-3-5-12-16(15-10-6-4-7-11-15)17-13-8-9-14-18(17)19/h4,6-11,13-14,16,19H,2-3,5,12H2,1H3. The number of unbranched alkanes of at least 4 members (excludes halogenated alkanes) is 2. The molecule has 0 aliphatic carbocycles. The van der Waals surface area contributed by atoms with Gasteiger partial charge in [0.15, 0.2) is 0 Å². The first kappa shape index (κ1) is 13.7. The molecule has 100 valence electrons. The highest BCUT2D eigenvalue weighted by molar-refractivity contribution is 5.41. The van der Waals surface area contributed by atoms with Gasteiger partial charge in [-0.05, 0) is 18.1 Å². The van der Waals surface area contributed by atoms with Crippen LogP contribution >= 0.6 is 0 Å². The van der Waals surface area contributed by atoms with Crippen molar-refractivity contribution in [2.45, 2.75) is 38.5 Å². The van der Waals surface area contributed by atoms with Crippen LogP contribution in [0.1, 0.15) is 49.7 Å². The Morgan fingerprint density at radius 2 is 1.58 bits per heavy atom. The molecule has 0 saturated heterocycles. The van der Waals surface area contributed by atoms with E-state index < -0.39 is 0 Å². The van der Waals surface area contributed by atoms with Crippen LogP contribution in [0.5, 0.6) is 5.75 Å². The minimum atomic E-state index is 0.300. The zero-order chi connectivity index (χ0) is 13.5. The molecule has 1 nitrogen and oxygen atoms in total. The summed E-state index contributed by atoms with van der Waals surface area (Å²) in [7, 11) is 0. The largest absolute Gasteiger partial charge is 0.508 e. The van der Waals surface area contributed by atoms with Crippen molar-refractivity contribution >= 4 is 0 Å². The first-order valence-electron chi connectivity index (χ1n) is 7.15. The van der Waals surface area contributed by atoms with E-state index in [0.29, 0.717) is 11.7 Å². The molecule has 1 atom stereocenters. The van der Waals surface area contributed by atoms with E-state index in [1.54, 1.807) is 6.07 Å². The molecule has 0 fully saturated rings. The Labute approximate surface area is 115 Å². The highest BCUT2D eigenvalue weighted by atomic mass is 16.3. The van der Waals surface area contributed by atoms with Gasteiger partial charge in [-0.25, -0.2) is 0 Å². The second kappa shape index (κ2) is 6.98. The van der Waals surface area contributed by atoms with Crippen LogP contribution in [0.25, 0.3) is 0 Å². The number of hydrogen-bond acceptors (Lipinski definition) is 1. The number of phenolic OH excluding ortho intramolecular Hbond substituents is 1. The van der Waals surface area contributed by atoms with Crippen molar-refractivity contribution in [1.29, 1.82) is 0 Å². The van der Waals surface area contributed by atoms with Gasteiger partial charge in [0, 0.05) is 11.5 Å². The first-order valence-corrected chi connectivity index (χ1v) is 7.15. The number of benzene rings is 2. The van der Waals surface area contributed by atoms with E-state index in [2.05, 4.69) is 31.2 Å². The summed E-state index contributed by atoms with van der Waals surface area (Å²) in [5.74, 6) is 0.710. The third kappa shape index (κ3) is 3.60. The second-order valence-electron chi connectivity index (χ2n) is 5.02. The highest BCUT2D eigenvalue weighted by Crippen LogP contribution is 2.34. The van der Waals surface area contributed by atoms with Crippen LogP contribution in [0.3, 0.4) is 0 Å². The molecule has 0 aliphatic rings. The summed E-state index contributed by atoms with van der Waals surface area (Å²) in [6, 6.07) is 18.2. The molecule has 0 amide bonds. The molecule has 0 spiro atoms. The van der Waals surface area contributed by atoms with Crippen LogP contribution in [0.4, 0.5) is 0 Å². The van der Waals surface area contributed by atoms with Crippen LogP contribution in [0.2, 0.25) is 0 Å². The molecule has 0 bridgehead atoms. The van der Waals surface area contributed by atoms with Crippen LogP contribution in [0, 0.1) is 0 Å². The zero-order valence-corrected chi connectivity index (χ0v) is 11.5. The number of para-hydroxylation sites is 1. The van der Waals surface area contributed by atoms with E-state index in [1.807, 2.05) is 24.3 Å².